The second kappa shape index (κ2) is 11.3. The molecule has 1 atom stereocenters. The Kier molecular flexibility index (Phi) is 8.22. The molecule has 2 saturated heterocycles. The number of ether oxygens (including phenoxy) is 1. The Morgan fingerprint density at radius 2 is 1.77 bits per heavy atom. The molecular weight excluding hydrogens is 502 g/mol. The Bertz CT molecular complexity index is 1380. The number of imidazole rings is 1. The summed E-state index contributed by atoms with van der Waals surface area (Å²) in [5.41, 5.74) is -0.0726. The van der Waals surface area contributed by atoms with E-state index in [-0.39, 0.29) is 29.7 Å². The van der Waals surface area contributed by atoms with Gasteiger partial charge in [-0.15, -0.1) is 0 Å². The Morgan fingerprint density at radius 3 is 2.41 bits per heavy atom. The van der Waals surface area contributed by atoms with E-state index in [1.165, 1.54) is 4.57 Å². The highest BCUT2D eigenvalue weighted by atomic mass is 16.6. The van der Waals surface area contributed by atoms with Gasteiger partial charge in [-0.1, -0.05) is 11.6 Å². The Hall–Kier alpha value is -3.57. The first-order chi connectivity index (χ1) is 18.4. The first-order valence-electron chi connectivity index (χ1n) is 13.7. The molecule has 2 aromatic heterocycles. The Balaban J connectivity index is 1.73. The summed E-state index contributed by atoms with van der Waals surface area (Å²) < 4.78 is 9.62. The lowest BCUT2D eigenvalue weighted by Gasteiger charge is -2.34. The lowest BCUT2D eigenvalue weighted by atomic mass is 10.1. The lowest BCUT2D eigenvalue weighted by molar-refractivity contribution is -0.130. The second-order valence-corrected chi connectivity index (χ2v) is 11.7. The molecular formula is C27H41N7O5. The molecule has 2 aliphatic rings. The maximum absolute atomic E-state index is 13.8. The summed E-state index contributed by atoms with van der Waals surface area (Å²) in [6.45, 7) is 11.9. The van der Waals surface area contributed by atoms with Crippen LogP contribution in [0.25, 0.3) is 11.2 Å². The van der Waals surface area contributed by atoms with E-state index in [1.807, 2.05) is 50.2 Å². The van der Waals surface area contributed by atoms with E-state index in [0.29, 0.717) is 38.7 Å². The number of fused-ring (bicyclic) bond motifs is 1. The minimum Gasteiger partial charge on any atom is -0.444 e. The summed E-state index contributed by atoms with van der Waals surface area (Å²) in [5, 5.41) is 2.95. The van der Waals surface area contributed by atoms with Crippen molar-refractivity contribution in [2.45, 2.75) is 85.0 Å². The summed E-state index contributed by atoms with van der Waals surface area (Å²) in [6, 6.07) is -0.163. The molecule has 39 heavy (non-hydrogen) atoms. The summed E-state index contributed by atoms with van der Waals surface area (Å²) in [7, 11) is 1.58. The second-order valence-electron chi connectivity index (χ2n) is 11.7. The van der Waals surface area contributed by atoms with Crippen molar-refractivity contribution >= 4 is 29.1 Å². The van der Waals surface area contributed by atoms with Crippen LogP contribution in [0.15, 0.2) is 21.2 Å². The van der Waals surface area contributed by atoms with Gasteiger partial charge in [-0.3, -0.25) is 14.2 Å². The van der Waals surface area contributed by atoms with Crippen molar-refractivity contribution in [3.63, 3.8) is 0 Å². The maximum atomic E-state index is 13.8. The third kappa shape index (κ3) is 6.36. The number of likely N-dealkylation sites (tertiary alicyclic amines) is 1. The summed E-state index contributed by atoms with van der Waals surface area (Å²) in [5.74, 6) is 0.322. The number of carbonyl (C=O) groups excluding carboxylic acids is 2. The molecule has 12 nitrogen and oxygen atoms in total. The third-order valence-electron chi connectivity index (χ3n) is 7.07. The number of piperidine rings is 1. The van der Waals surface area contributed by atoms with Crippen LogP contribution in [0, 0.1) is 0 Å². The molecule has 2 amide bonds. The predicted octanol–water partition coefficient (Wildman–Crippen LogP) is 1.98. The molecule has 2 aromatic rings. The van der Waals surface area contributed by atoms with E-state index in [0.717, 1.165) is 35.8 Å². The smallest absolute Gasteiger partial charge is 0.407 e. The zero-order valence-corrected chi connectivity index (χ0v) is 24.0. The molecule has 0 aliphatic carbocycles. The van der Waals surface area contributed by atoms with Crippen molar-refractivity contribution in [1.29, 1.82) is 0 Å². The number of allylic oxidation sites excluding steroid dienone is 2. The van der Waals surface area contributed by atoms with Crippen LogP contribution in [0.4, 0.5) is 10.7 Å². The van der Waals surface area contributed by atoms with Crippen molar-refractivity contribution in [2.75, 3.05) is 31.1 Å². The monoisotopic (exact) mass is 543 g/mol. The van der Waals surface area contributed by atoms with Gasteiger partial charge in [-0.05, 0) is 60.3 Å². The number of nitrogens with zero attached hydrogens (tertiary/aromatic N) is 6. The van der Waals surface area contributed by atoms with E-state index in [9.17, 15) is 19.2 Å². The van der Waals surface area contributed by atoms with Gasteiger partial charge in [0.05, 0.1) is 0 Å². The van der Waals surface area contributed by atoms with Crippen molar-refractivity contribution in [2.24, 2.45) is 7.05 Å². The number of alkyl carbamates (subject to hydrolysis) is 1. The van der Waals surface area contributed by atoms with Crippen molar-refractivity contribution in [3.05, 3.63) is 32.5 Å². The fourth-order valence-corrected chi connectivity index (χ4v) is 5.14. The van der Waals surface area contributed by atoms with E-state index >= 15 is 0 Å². The number of rotatable bonds is 6. The number of aromatic nitrogens is 4. The van der Waals surface area contributed by atoms with E-state index in [1.54, 1.807) is 11.9 Å². The van der Waals surface area contributed by atoms with Gasteiger partial charge >= 0.3 is 11.8 Å². The summed E-state index contributed by atoms with van der Waals surface area (Å²) >= 11 is 0. The van der Waals surface area contributed by atoms with Crippen molar-refractivity contribution in [3.8, 4) is 0 Å². The molecule has 1 N–H and O–H groups in total. The largest absolute Gasteiger partial charge is 0.444 e. The first-order valence-corrected chi connectivity index (χ1v) is 13.7. The molecule has 2 aliphatic heterocycles. The van der Waals surface area contributed by atoms with Crippen LogP contribution in [-0.2, 0) is 29.7 Å². The van der Waals surface area contributed by atoms with Gasteiger partial charge in [0.2, 0.25) is 11.9 Å². The van der Waals surface area contributed by atoms with Crippen molar-refractivity contribution < 1.29 is 14.3 Å². The van der Waals surface area contributed by atoms with Gasteiger partial charge in [0.15, 0.2) is 11.2 Å². The minimum atomic E-state index is -0.600. The molecule has 0 saturated carbocycles. The zero-order chi connectivity index (χ0) is 28.5. The fraction of sp³-hybridized carbons (Fsp3) is 0.667. The SMILES string of the molecule is CC(C)=CCn1c(N2CCCC(NC(=O)OC(C)(C)C)C2)nc2c1c(=O)n(CC(=O)N1CCCC1)c(=O)n2C. The maximum Gasteiger partial charge on any atom is 0.407 e. The van der Waals surface area contributed by atoms with Gasteiger partial charge in [0.1, 0.15) is 12.1 Å². The van der Waals surface area contributed by atoms with Gasteiger partial charge in [-0.25, -0.2) is 14.2 Å². The molecule has 1 unspecified atom stereocenters. The van der Waals surface area contributed by atoms with Gasteiger partial charge < -0.3 is 24.4 Å². The average molecular weight is 544 g/mol. The standard InChI is InChI=1S/C27H41N7O5/c1-18(2)11-15-33-21-22(30(6)26(38)34(23(21)36)17-20(35)31-12-7-8-13-31)29-24(33)32-14-9-10-19(16-32)28-25(37)39-27(3,4)5/h11,19H,7-10,12-17H2,1-6H3,(H,28,37). The molecule has 12 heteroatoms. The predicted molar refractivity (Wildman–Crippen MR) is 149 cm³/mol. The molecule has 0 radical (unpaired) electrons. The zero-order valence-electron chi connectivity index (χ0n) is 24.0. The van der Waals surface area contributed by atoms with Crippen LogP contribution in [0.1, 0.15) is 60.3 Å². The van der Waals surface area contributed by atoms with Gasteiger partial charge in [0, 0.05) is 45.8 Å². The van der Waals surface area contributed by atoms with Crippen LogP contribution >= 0.6 is 0 Å². The van der Waals surface area contributed by atoms with Crippen LogP contribution in [0.3, 0.4) is 0 Å². The third-order valence-corrected chi connectivity index (χ3v) is 7.07. The molecule has 0 spiro atoms. The lowest BCUT2D eigenvalue weighted by Crippen LogP contribution is -2.49. The number of anilines is 1. The van der Waals surface area contributed by atoms with Gasteiger partial charge in [-0.2, -0.15) is 4.98 Å². The molecule has 4 heterocycles. The topological polar surface area (TPSA) is 124 Å². The number of carbonyl (C=O) groups is 2. The Morgan fingerprint density at radius 1 is 1.08 bits per heavy atom. The van der Waals surface area contributed by atoms with E-state index in [2.05, 4.69) is 5.32 Å². The van der Waals surface area contributed by atoms with Crippen LogP contribution in [0.5, 0.6) is 0 Å². The average Bonchev–Trinajstić information content (AvgIpc) is 3.51. The van der Waals surface area contributed by atoms with Crippen LogP contribution < -0.4 is 21.5 Å². The van der Waals surface area contributed by atoms with E-state index < -0.39 is 22.9 Å². The summed E-state index contributed by atoms with van der Waals surface area (Å²) in [6.07, 6.45) is 4.97. The number of aryl methyl sites for hydroxylation is 1. The van der Waals surface area contributed by atoms with Crippen LogP contribution in [-0.4, -0.2) is 73.4 Å². The minimum absolute atomic E-state index is 0.163. The Labute approximate surface area is 228 Å². The number of amides is 2. The highest BCUT2D eigenvalue weighted by molar-refractivity contribution is 5.78. The number of hydrogen-bond donors (Lipinski definition) is 1. The molecule has 4 rings (SSSR count). The van der Waals surface area contributed by atoms with Crippen molar-refractivity contribution in [1.82, 2.24) is 28.9 Å². The molecule has 214 valence electrons. The quantitative estimate of drug-likeness (QED) is 0.553. The van der Waals surface area contributed by atoms with Crippen LogP contribution in [0.2, 0.25) is 0 Å². The van der Waals surface area contributed by atoms with E-state index in [4.69, 9.17) is 9.72 Å². The van der Waals surface area contributed by atoms with Gasteiger partial charge in [0.25, 0.3) is 5.56 Å². The molecule has 0 bridgehead atoms. The fourth-order valence-electron chi connectivity index (χ4n) is 5.14. The highest BCUT2D eigenvalue weighted by Gasteiger charge is 2.29. The number of hydrogen-bond acceptors (Lipinski definition) is 7. The number of nitrogens with one attached hydrogen (secondary N) is 1. The molecule has 2 fully saturated rings. The normalized spacial score (nSPS) is 17.9. The molecule has 0 aromatic carbocycles. The highest BCUT2D eigenvalue weighted by Crippen LogP contribution is 2.24. The summed E-state index contributed by atoms with van der Waals surface area (Å²) in [4.78, 5) is 60.8. The first kappa shape index (κ1) is 28.4.